The van der Waals surface area contributed by atoms with Crippen molar-refractivity contribution in [1.82, 2.24) is 4.90 Å². The molecule has 1 aliphatic rings. The minimum Gasteiger partial charge on any atom is -0.322 e. The first-order valence-electron chi connectivity index (χ1n) is 10.4. The molecule has 32 heavy (non-hydrogen) atoms. The molecule has 0 aliphatic carbocycles. The molecule has 0 unspecified atom stereocenters. The van der Waals surface area contributed by atoms with Gasteiger partial charge in [-0.2, -0.15) is 0 Å². The summed E-state index contributed by atoms with van der Waals surface area (Å²) < 4.78 is 27.6. The van der Waals surface area contributed by atoms with Crippen molar-refractivity contribution in [3.8, 4) is 0 Å². The number of nitrogens with one attached hydrogen (secondary N) is 1. The topological polar surface area (TPSA) is 52.6 Å². The molecule has 1 heterocycles. The number of hydrogen-bond acceptors (Lipinski definition) is 2. The molecule has 1 aliphatic heterocycles. The van der Waals surface area contributed by atoms with E-state index in [1.54, 1.807) is 29.2 Å². The highest BCUT2D eigenvalue weighted by atomic mass is 19.1. The smallest absolute Gasteiger partial charge is 0.322 e. The average molecular weight is 435 g/mol. The zero-order valence-corrected chi connectivity index (χ0v) is 17.6. The maximum Gasteiger partial charge on any atom is 0.324 e. The quantitative estimate of drug-likeness (QED) is 0.587. The molecule has 0 atom stereocenters. The molecule has 164 valence electrons. The van der Waals surface area contributed by atoms with Gasteiger partial charge >= 0.3 is 6.03 Å². The summed E-state index contributed by atoms with van der Waals surface area (Å²) in [4.78, 5) is 28.8. The Bertz CT molecular complexity index is 1130. The predicted molar refractivity (Wildman–Crippen MR) is 120 cm³/mol. The second-order valence-corrected chi connectivity index (χ2v) is 7.80. The summed E-state index contributed by atoms with van der Waals surface area (Å²) in [5.74, 6) is -2.72. The van der Waals surface area contributed by atoms with Gasteiger partial charge in [0.05, 0.1) is 0 Å². The monoisotopic (exact) mass is 435 g/mol. The lowest BCUT2D eigenvalue weighted by atomic mass is 10.1. The van der Waals surface area contributed by atoms with E-state index in [0.717, 1.165) is 29.7 Å². The summed E-state index contributed by atoms with van der Waals surface area (Å²) in [5.41, 5.74) is 2.67. The molecule has 3 aromatic rings. The molecule has 3 aromatic carbocycles. The number of hydrogen-bond donors (Lipinski definition) is 1. The first-order chi connectivity index (χ1) is 15.4. The van der Waals surface area contributed by atoms with Crippen LogP contribution in [0.25, 0.3) is 0 Å². The summed E-state index contributed by atoms with van der Waals surface area (Å²) in [6.07, 6.45) is 0.836. The third-order valence-corrected chi connectivity index (χ3v) is 5.39. The van der Waals surface area contributed by atoms with E-state index >= 15 is 0 Å². The maximum atomic E-state index is 13.8. The van der Waals surface area contributed by atoms with Crippen LogP contribution in [0.1, 0.15) is 27.9 Å². The summed E-state index contributed by atoms with van der Waals surface area (Å²) in [6.45, 7) is 3.84. The molecule has 0 bridgehead atoms. The Morgan fingerprint density at radius 2 is 1.66 bits per heavy atom. The van der Waals surface area contributed by atoms with E-state index < -0.39 is 23.1 Å². The van der Waals surface area contributed by atoms with Crippen molar-refractivity contribution in [2.45, 2.75) is 19.9 Å². The van der Waals surface area contributed by atoms with Crippen LogP contribution in [0.15, 0.2) is 66.7 Å². The van der Waals surface area contributed by atoms with Crippen LogP contribution in [-0.4, -0.2) is 29.9 Å². The standard InChI is InChI=1S/C25H23F2N3O2/c1-17-5-2-6-18(15-17)16-29-13-4-14-30(25(29)32)20-11-9-19(10-12-20)28-24(31)23-21(26)7-3-8-22(23)27/h2-3,5-12,15H,4,13-14,16H2,1H3,(H,28,31). The Morgan fingerprint density at radius 1 is 0.969 bits per heavy atom. The highest BCUT2D eigenvalue weighted by Crippen LogP contribution is 2.24. The fourth-order valence-corrected chi connectivity index (χ4v) is 3.83. The highest BCUT2D eigenvalue weighted by molar-refractivity contribution is 6.04. The molecule has 1 saturated heterocycles. The summed E-state index contributed by atoms with van der Waals surface area (Å²) >= 11 is 0. The molecule has 4 rings (SSSR count). The highest BCUT2D eigenvalue weighted by Gasteiger charge is 2.27. The van der Waals surface area contributed by atoms with E-state index in [4.69, 9.17) is 0 Å². The number of carbonyl (C=O) groups excluding carboxylic acids is 2. The first kappa shape index (κ1) is 21.5. The van der Waals surface area contributed by atoms with Gasteiger partial charge in [0.1, 0.15) is 17.2 Å². The number of urea groups is 1. The molecule has 0 saturated carbocycles. The van der Waals surface area contributed by atoms with Crippen LogP contribution in [0, 0.1) is 18.6 Å². The Hall–Kier alpha value is -3.74. The van der Waals surface area contributed by atoms with Crippen LogP contribution in [0.5, 0.6) is 0 Å². The van der Waals surface area contributed by atoms with Crippen LogP contribution in [0.4, 0.5) is 25.0 Å². The van der Waals surface area contributed by atoms with E-state index in [1.807, 2.05) is 30.0 Å². The molecular formula is C25H23F2N3O2. The van der Waals surface area contributed by atoms with Crippen molar-refractivity contribution in [3.05, 3.63) is 95.1 Å². The SMILES string of the molecule is Cc1cccc(CN2CCCN(c3ccc(NC(=O)c4c(F)cccc4F)cc3)C2=O)c1. The lowest BCUT2D eigenvalue weighted by Crippen LogP contribution is -2.49. The van der Waals surface area contributed by atoms with Gasteiger partial charge in [-0.1, -0.05) is 35.9 Å². The third kappa shape index (κ3) is 4.61. The van der Waals surface area contributed by atoms with Crippen LogP contribution in [0.3, 0.4) is 0 Å². The van der Waals surface area contributed by atoms with Gasteiger partial charge in [0.25, 0.3) is 5.91 Å². The van der Waals surface area contributed by atoms with Crippen LogP contribution in [-0.2, 0) is 6.54 Å². The van der Waals surface area contributed by atoms with Gasteiger partial charge in [-0.25, -0.2) is 13.6 Å². The van der Waals surface area contributed by atoms with E-state index in [0.29, 0.717) is 31.0 Å². The lowest BCUT2D eigenvalue weighted by molar-refractivity contribution is 0.101. The second-order valence-electron chi connectivity index (χ2n) is 7.80. The van der Waals surface area contributed by atoms with Crippen molar-refractivity contribution in [2.24, 2.45) is 0 Å². The van der Waals surface area contributed by atoms with Crippen molar-refractivity contribution < 1.29 is 18.4 Å². The van der Waals surface area contributed by atoms with E-state index in [2.05, 4.69) is 11.4 Å². The summed E-state index contributed by atoms with van der Waals surface area (Å²) in [6, 6.07) is 17.9. The number of nitrogens with zero attached hydrogens (tertiary/aromatic N) is 2. The van der Waals surface area contributed by atoms with Crippen molar-refractivity contribution in [3.63, 3.8) is 0 Å². The number of amides is 3. The number of benzene rings is 3. The van der Waals surface area contributed by atoms with Gasteiger partial charge < -0.3 is 10.2 Å². The van der Waals surface area contributed by atoms with Crippen molar-refractivity contribution >= 4 is 23.3 Å². The zero-order valence-electron chi connectivity index (χ0n) is 17.6. The number of carbonyl (C=O) groups is 2. The van der Waals surface area contributed by atoms with Gasteiger partial charge in [0, 0.05) is 31.0 Å². The van der Waals surface area contributed by atoms with E-state index in [9.17, 15) is 18.4 Å². The van der Waals surface area contributed by atoms with Crippen molar-refractivity contribution in [1.29, 1.82) is 0 Å². The molecule has 3 amide bonds. The van der Waals surface area contributed by atoms with Gasteiger partial charge in [-0.15, -0.1) is 0 Å². The third-order valence-electron chi connectivity index (χ3n) is 5.39. The molecule has 1 N–H and O–H groups in total. The Labute approximate surface area is 185 Å². The Morgan fingerprint density at radius 3 is 2.34 bits per heavy atom. The fraction of sp³-hybridized carbons (Fsp3) is 0.200. The summed E-state index contributed by atoms with van der Waals surface area (Å²) in [5, 5.41) is 2.50. The van der Waals surface area contributed by atoms with Gasteiger partial charge in [-0.3, -0.25) is 9.69 Å². The predicted octanol–water partition coefficient (Wildman–Crippen LogP) is 5.36. The lowest BCUT2D eigenvalue weighted by Gasteiger charge is -2.35. The Kier molecular flexibility index (Phi) is 6.16. The summed E-state index contributed by atoms with van der Waals surface area (Å²) in [7, 11) is 0. The average Bonchev–Trinajstić information content (AvgIpc) is 2.76. The molecule has 5 nitrogen and oxygen atoms in total. The van der Waals surface area contributed by atoms with E-state index in [-0.39, 0.29) is 6.03 Å². The minimum atomic E-state index is -0.924. The van der Waals surface area contributed by atoms with Crippen LogP contribution < -0.4 is 10.2 Å². The largest absolute Gasteiger partial charge is 0.324 e. The number of rotatable bonds is 5. The number of aryl methyl sites for hydroxylation is 1. The second kappa shape index (κ2) is 9.18. The van der Waals surface area contributed by atoms with Gasteiger partial charge in [0.2, 0.25) is 0 Å². The zero-order chi connectivity index (χ0) is 22.7. The fourth-order valence-electron chi connectivity index (χ4n) is 3.83. The molecular weight excluding hydrogens is 412 g/mol. The Balaban J connectivity index is 1.45. The molecule has 7 heteroatoms. The molecule has 0 aromatic heterocycles. The van der Waals surface area contributed by atoms with E-state index in [1.165, 1.54) is 6.07 Å². The van der Waals surface area contributed by atoms with Crippen LogP contribution >= 0.6 is 0 Å². The number of halogens is 2. The normalized spacial score (nSPS) is 13.9. The minimum absolute atomic E-state index is 0.0806. The van der Waals surface area contributed by atoms with Crippen molar-refractivity contribution in [2.75, 3.05) is 23.3 Å². The first-order valence-corrected chi connectivity index (χ1v) is 10.4. The van der Waals surface area contributed by atoms with Crippen LogP contribution in [0.2, 0.25) is 0 Å². The molecule has 0 radical (unpaired) electrons. The van der Waals surface area contributed by atoms with Gasteiger partial charge in [0.15, 0.2) is 0 Å². The molecule has 1 fully saturated rings. The maximum absolute atomic E-state index is 13.8. The molecule has 0 spiro atoms. The number of anilines is 2. The van der Waals surface area contributed by atoms with Gasteiger partial charge in [-0.05, 0) is 55.3 Å².